The fourth-order valence-corrected chi connectivity index (χ4v) is 5.99. The van der Waals surface area contributed by atoms with Gasteiger partial charge in [-0.1, -0.05) is 24.5 Å². The fourth-order valence-electron chi connectivity index (χ4n) is 2.14. The Morgan fingerprint density at radius 2 is 1.33 bits per heavy atom. The van der Waals surface area contributed by atoms with Crippen molar-refractivity contribution in [3.63, 3.8) is 0 Å². The Morgan fingerprint density at radius 1 is 0.944 bits per heavy atom. The first-order chi connectivity index (χ1) is 8.27. The van der Waals surface area contributed by atoms with Gasteiger partial charge in [0.05, 0.1) is 7.85 Å². The van der Waals surface area contributed by atoms with Crippen LogP contribution in [0.5, 0.6) is 0 Å². The van der Waals surface area contributed by atoms with Crippen molar-refractivity contribution in [2.45, 2.75) is 85.4 Å². The van der Waals surface area contributed by atoms with Crippen molar-refractivity contribution in [3.05, 3.63) is 0 Å². The molecule has 3 atom stereocenters. The summed E-state index contributed by atoms with van der Waals surface area (Å²) in [6.07, 6.45) is 1.77. The van der Waals surface area contributed by atoms with Gasteiger partial charge in [-0.3, -0.25) is 9.34 Å². The van der Waals surface area contributed by atoms with E-state index in [1.165, 1.54) is 0 Å². The van der Waals surface area contributed by atoms with Crippen LogP contribution in [0, 0.1) is 0 Å². The van der Waals surface area contributed by atoms with Crippen LogP contribution >= 0.6 is 18.8 Å². The number of nitrogens with zero attached hydrogens (tertiary/aromatic N) is 2. The van der Waals surface area contributed by atoms with E-state index < -0.39 is 7.58 Å². The Kier molecular flexibility index (Phi) is 9.14. The maximum atomic E-state index is 6.81. The molecular formula is C13H29BClN2P. The zero-order chi connectivity index (χ0) is 14.5. The van der Waals surface area contributed by atoms with Crippen LogP contribution in [-0.4, -0.2) is 41.4 Å². The summed E-state index contributed by atoms with van der Waals surface area (Å²) in [5, 5.41) is 0. The van der Waals surface area contributed by atoms with Gasteiger partial charge in [-0.15, -0.1) is 0 Å². The zero-order valence-electron chi connectivity index (χ0n) is 13.0. The summed E-state index contributed by atoms with van der Waals surface area (Å²) in [4.78, 5) is 0. The van der Waals surface area contributed by atoms with E-state index in [4.69, 9.17) is 19.1 Å². The lowest BCUT2D eigenvalue weighted by molar-refractivity contribution is 0.252. The predicted octanol–water partition coefficient (Wildman–Crippen LogP) is 4.65. The van der Waals surface area contributed by atoms with Crippen LogP contribution in [-0.2, 0) is 0 Å². The highest BCUT2D eigenvalue weighted by Crippen LogP contribution is 2.54. The molecule has 0 amide bonds. The Bertz CT molecular complexity index is 207. The molecule has 0 aliphatic heterocycles. The van der Waals surface area contributed by atoms with Crippen molar-refractivity contribution in [3.8, 4) is 0 Å². The van der Waals surface area contributed by atoms with Crippen LogP contribution < -0.4 is 0 Å². The Labute approximate surface area is 121 Å². The second-order valence-electron chi connectivity index (χ2n) is 5.53. The molecule has 5 heteroatoms. The molecule has 0 bridgehead atoms. The Balaban J connectivity index is 5.06. The molecule has 2 nitrogen and oxygen atoms in total. The van der Waals surface area contributed by atoms with Gasteiger partial charge in [-0.25, -0.2) is 0 Å². The maximum absolute atomic E-state index is 6.81. The third kappa shape index (κ3) is 5.00. The van der Waals surface area contributed by atoms with Crippen LogP contribution in [0.3, 0.4) is 0 Å². The lowest BCUT2D eigenvalue weighted by Crippen LogP contribution is -2.42. The predicted molar refractivity (Wildman–Crippen MR) is 86.5 cm³/mol. The highest BCUT2D eigenvalue weighted by molar-refractivity contribution is 7.80. The Hall–Kier alpha value is 0.705. The van der Waals surface area contributed by atoms with Gasteiger partial charge >= 0.3 is 0 Å². The van der Waals surface area contributed by atoms with Crippen LogP contribution in [0.25, 0.3) is 0 Å². The minimum Gasteiger partial charge on any atom is -0.253 e. The molecule has 2 radical (unpaired) electrons. The van der Waals surface area contributed by atoms with E-state index in [2.05, 4.69) is 57.8 Å². The van der Waals surface area contributed by atoms with Crippen LogP contribution in [0.1, 0.15) is 54.9 Å². The van der Waals surface area contributed by atoms with E-state index in [0.29, 0.717) is 30.5 Å². The first kappa shape index (κ1) is 18.7. The number of rotatable bonds is 8. The van der Waals surface area contributed by atoms with Crippen molar-refractivity contribution < 1.29 is 0 Å². The number of halogens is 1. The van der Waals surface area contributed by atoms with E-state index in [1.54, 1.807) is 0 Å². The quantitative estimate of drug-likeness (QED) is 0.474. The van der Waals surface area contributed by atoms with Gasteiger partial charge in [0.15, 0.2) is 0 Å². The molecule has 106 valence electrons. The molecule has 0 rings (SSSR count). The third-order valence-electron chi connectivity index (χ3n) is 3.27. The minimum atomic E-state index is -0.818. The SMILES string of the molecule is [B]CC(C)N(C(C)C)P(Cl)N(C(C)C)C(C)CC. The van der Waals surface area contributed by atoms with Crippen LogP contribution in [0.4, 0.5) is 0 Å². The van der Waals surface area contributed by atoms with Crippen molar-refractivity contribution in [2.24, 2.45) is 0 Å². The van der Waals surface area contributed by atoms with Crippen molar-refractivity contribution in [1.29, 1.82) is 0 Å². The van der Waals surface area contributed by atoms with Crippen molar-refractivity contribution >= 4 is 26.7 Å². The first-order valence-corrected chi connectivity index (χ1v) is 9.15. The molecular weight excluding hydrogens is 261 g/mol. The molecule has 0 saturated carbocycles. The van der Waals surface area contributed by atoms with Gasteiger partial charge in [-0.05, 0) is 48.0 Å². The summed E-state index contributed by atoms with van der Waals surface area (Å²) in [5.41, 5.74) is 0. The van der Waals surface area contributed by atoms with E-state index >= 15 is 0 Å². The molecule has 3 unspecified atom stereocenters. The van der Waals surface area contributed by atoms with E-state index in [9.17, 15) is 0 Å². The van der Waals surface area contributed by atoms with Gasteiger partial charge in [0.25, 0.3) is 0 Å². The molecule has 0 fully saturated rings. The summed E-state index contributed by atoms with van der Waals surface area (Å²) in [5.74, 6) is 0. The normalized spacial score (nSPS) is 17.8. The molecule has 0 aromatic heterocycles. The van der Waals surface area contributed by atoms with Crippen LogP contribution in [0.2, 0.25) is 6.32 Å². The highest BCUT2D eigenvalue weighted by Gasteiger charge is 2.32. The molecule has 0 aliphatic rings. The first-order valence-electron chi connectivity index (χ1n) is 7.00. The molecule has 0 aliphatic carbocycles. The molecule has 0 saturated heterocycles. The average molecular weight is 291 g/mol. The van der Waals surface area contributed by atoms with E-state index in [0.717, 1.165) is 6.42 Å². The third-order valence-corrected chi connectivity index (χ3v) is 6.80. The molecule has 0 aromatic carbocycles. The van der Waals surface area contributed by atoms with E-state index in [1.807, 2.05) is 0 Å². The molecule has 0 heterocycles. The summed E-state index contributed by atoms with van der Waals surface area (Å²) in [7, 11) is 5.01. The number of hydrogen-bond donors (Lipinski definition) is 0. The summed E-state index contributed by atoms with van der Waals surface area (Å²) >= 11 is 6.81. The average Bonchev–Trinajstić information content (AvgIpc) is 2.27. The van der Waals surface area contributed by atoms with Gasteiger partial charge in [-0.2, -0.15) is 0 Å². The largest absolute Gasteiger partial charge is 0.253 e. The summed E-state index contributed by atoms with van der Waals surface area (Å²) in [6, 6.07) is 1.69. The number of hydrogen-bond acceptors (Lipinski definition) is 2. The second-order valence-corrected chi connectivity index (χ2v) is 7.84. The fraction of sp³-hybridized carbons (Fsp3) is 1.00. The summed E-state index contributed by atoms with van der Waals surface area (Å²) in [6.45, 7) is 15.4. The van der Waals surface area contributed by atoms with Gasteiger partial charge in [0.2, 0.25) is 0 Å². The van der Waals surface area contributed by atoms with E-state index in [-0.39, 0.29) is 0 Å². The minimum absolute atomic E-state index is 0.318. The van der Waals surface area contributed by atoms with Crippen LogP contribution in [0.15, 0.2) is 0 Å². The summed E-state index contributed by atoms with van der Waals surface area (Å²) < 4.78 is 4.80. The monoisotopic (exact) mass is 290 g/mol. The van der Waals surface area contributed by atoms with Gasteiger partial charge < -0.3 is 0 Å². The molecule has 0 spiro atoms. The van der Waals surface area contributed by atoms with Crippen molar-refractivity contribution in [2.75, 3.05) is 0 Å². The Morgan fingerprint density at radius 3 is 1.61 bits per heavy atom. The lowest BCUT2D eigenvalue weighted by Gasteiger charge is -2.44. The molecule has 0 aromatic rings. The topological polar surface area (TPSA) is 6.48 Å². The standard InChI is InChI=1S/C13H29BClN2P/c1-8-12(6)16(10(2)3)18(15)17(11(4)5)13(7)9-14/h10-13H,8-9H2,1-7H3. The van der Waals surface area contributed by atoms with Gasteiger partial charge in [0.1, 0.15) is 7.58 Å². The smallest absolute Gasteiger partial charge is 0.141 e. The molecule has 18 heavy (non-hydrogen) atoms. The van der Waals surface area contributed by atoms with Crippen molar-refractivity contribution in [1.82, 2.24) is 9.34 Å². The molecule has 0 N–H and O–H groups in total. The van der Waals surface area contributed by atoms with Gasteiger partial charge in [0, 0.05) is 24.2 Å². The lowest BCUT2D eigenvalue weighted by atomic mass is 9.98. The maximum Gasteiger partial charge on any atom is 0.141 e. The zero-order valence-corrected chi connectivity index (χ0v) is 14.7. The highest BCUT2D eigenvalue weighted by atomic mass is 35.7. The second kappa shape index (κ2) is 8.79.